The van der Waals surface area contributed by atoms with Crippen LogP contribution in [-0.4, -0.2) is 30.4 Å². The van der Waals surface area contributed by atoms with E-state index in [1.54, 1.807) is 0 Å². The molecule has 0 spiro atoms. The molecule has 4 rings (SSSR count). The third-order valence-electron chi connectivity index (χ3n) is 4.50. The number of thiophene rings is 1. The molecule has 96 valence electrons. The largest absolute Gasteiger partial charge is 0.335 e. The Kier molecular flexibility index (Phi) is 2.49. The molecule has 2 aliphatic heterocycles. The van der Waals surface area contributed by atoms with Crippen molar-refractivity contribution < 1.29 is 4.79 Å². The standard InChI is InChI=1S/C14H18N2OS/c17-14(10-7-15-8-10)16-5-3-12-11(4-6-18-12)13(16)9-1-2-9/h4,6,9-10,13,15H,1-3,5,7-8H2. The molecule has 2 fully saturated rings. The lowest BCUT2D eigenvalue weighted by atomic mass is 9.92. The van der Waals surface area contributed by atoms with Crippen molar-refractivity contribution in [3.05, 3.63) is 21.9 Å². The molecule has 1 aromatic rings. The molecular formula is C14H18N2OS. The minimum atomic E-state index is 0.242. The second-order valence-corrected chi connectivity index (χ2v) is 6.72. The molecule has 1 aromatic heterocycles. The van der Waals surface area contributed by atoms with Gasteiger partial charge in [0.05, 0.1) is 12.0 Å². The fourth-order valence-corrected chi connectivity index (χ4v) is 4.12. The lowest BCUT2D eigenvalue weighted by molar-refractivity contribution is -0.140. The van der Waals surface area contributed by atoms with E-state index in [2.05, 4.69) is 21.7 Å². The number of hydrogen-bond donors (Lipinski definition) is 1. The number of nitrogens with zero attached hydrogens (tertiary/aromatic N) is 1. The van der Waals surface area contributed by atoms with Gasteiger partial charge in [0, 0.05) is 24.5 Å². The first-order valence-electron chi connectivity index (χ1n) is 6.92. The fraction of sp³-hybridized carbons (Fsp3) is 0.643. The quantitative estimate of drug-likeness (QED) is 0.881. The van der Waals surface area contributed by atoms with Crippen molar-refractivity contribution in [2.75, 3.05) is 19.6 Å². The Morgan fingerprint density at radius 1 is 1.39 bits per heavy atom. The lowest BCUT2D eigenvalue weighted by Gasteiger charge is -2.40. The van der Waals surface area contributed by atoms with Gasteiger partial charge in [0.15, 0.2) is 0 Å². The second kappa shape index (κ2) is 4.07. The molecule has 3 aliphatic rings. The summed E-state index contributed by atoms with van der Waals surface area (Å²) in [5.74, 6) is 1.37. The first-order valence-corrected chi connectivity index (χ1v) is 7.80. The maximum absolute atomic E-state index is 12.5. The van der Waals surface area contributed by atoms with E-state index in [0.29, 0.717) is 11.9 Å². The van der Waals surface area contributed by atoms with Gasteiger partial charge in [0.1, 0.15) is 0 Å². The topological polar surface area (TPSA) is 32.3 Å². The highest BCUT2D eigenvalue weighted by atomic mass is 32.1. The van der Waals surface area contributed by atoms with Crippen LogP contribution in [0.15, 0.2) is 11.4 Å². The number of carbonyl (C=O) groups excluding carboxylic acids is 1. The minimum Gasteiger partial charge on any atom is -0.335 e. The zero-order chi connectivity index (χ0) is 12.1. The van der Waals surface area contributed by atoms with Crippen LogP contribution in [0.25, 0.3) is 0 Å². The van der Waals surface area contributed by atoms with Gasteiger partial charge in [-0.3, -0.25) is 4.79 Å². The van der Waals surface area contributed by atoms with E-state index >= 15 is 0 Å². The third-order valence-corrected chi connectivity index (χ3v) is 5.49. The first kappa shape index (κ1) is 11.0. The van der Waals surface area contributed by atoms with E-state index < -0.39 is 0 Å². The summed E-state index contributed by atoms with van der Waals surface area (Å²) in [6, 6.07) is 2.65. The zero-order valence-corrected chi connectivity index (χ0v) is 11.2. The van der Waals surface area contributed by atoms with Crippen molar-refractivity contribution in [2.45, 2.75) is 25.3 Å². The van der Waals surface area contributed by atoms with Crippen LogP contribution in [0.4, 0.5) is 0 Å². The normalized spacial score (nSPS) is 27.8. The van der Waals surface area contributed by atoms with Gasteiger partial charge in [-0.1, -0.05) is 0 Å². The first-order chi connectivity index (χ1) is 8.84. The minimum absolute atomic E-state index is 0.242. The van der Waals surface area contributed by atoms with Crippen LogP contribution in [-0.2, 0) is 11.2 Å². The smallest absolute Gasteiger partial charge is 0.228 e. The summed E-state index contributed by atoms with van der Waals surface area (Å²) in [6.07, 6.45) is 3.65. The van der Waals surface area contributed by atoms with Crippen molar-refractivity contribution in [1.82, 2.24) is 10.2 Å². The van der Waals surface area contributed by atoms with Crippen LogP contribution in [0.5, 0.6) is 0 Å². The van der Waals surface area contributed by atoms with E-state index in [1.165, 1.54) is 23.3 Å². The van der Waals surface area contributed by atoms with Crippen molar-refractivity contribution in [1.29, 1.82) is 0 Å². The molecule has 18 heavy (non-hydrogen) atoms. The summed E-state index contributed by atoms with van der Waals surface area (Å²) in [6.45, 7) is 2.69. The van der Waals surface area contributed by atoms with Crippen LogP contribution in [0, 0.1) is 11.8 Å². The zero-order valence-electron chi connectivity index (χ0n) is 10.4. The monoisotopic (exact) mass is 262 g/mol. The predicted molar refractivity (Wildman–Crippen MR) is 71.6 cm³/mol. The third kappa shape index (κ3) is 1.62. The highest BCUT2D eigenvalue weighted by molar-refractivity contribution is 7.10. The van der Waals surface area contributed by atoms with Crippen LogP contribution < -0.4 is 5.32 Å². The number of amides is 1. The van der Waals surface area contributed by atoms with E-state index in [1.807, 2.05) is 11.3 Å². The molecule has 1 atom stereocenters. The molecule has 0 aromatic carbocycles. The van der Waals surface area contributed by atoms with Gasteiger partial charge < -0.3 is 10.2 Å². The van der Waals surface area contributed by atoms with E-state index in [0.717, 1.165) is 32.0 Å². The molecule has 1 saturated carbocycles. The lowest BCUT2D eigenvalue weighted by Crippen LogP contribution is -2.54. The van der Waals surface area contributed by atoms with Crippen molar-refractivity contribution in [3.63, 3.8) is 0 Å². The Hall–Kier alpha value is -0.870. The molecular weight excluding hydrogens is 244 g/mol. The van der Waals surface area contributed by atoms with Crippen molar-refractivity contribution in [3.8, 4) is 0 Å². The Balaban J connectivity index is 1.64. The van der Waals surface area contributed by atoms with Gasteiger partial charge in [-0.05, 0) is 42.2 Å². The summed E-state index contributed by atoms with van der Waals surface area (Å²) < 4.78 is 0. The van der Waals surface area contributed by atoms with Crippen LogP contribution >= 0.6 is 11.3 Å². The average Bonchev–Trinajstić information content (AvgIpc) is 3.02. The Morgan fingerprint density at radius 3 is 2.89 bits per heavy atom. The maximum atomic E-state index is 12.5. The van der Waals surface area contributed by atoms with E-state index in [-0.39, 0.29) is 5.92 Å². The molecule has 4 heteroatoms. The molecule has 1 aliphatic carbocycles. The number of rotatable bonds is 2. The number of carbonyl (C=O) groups is 1. The molecule has 1 unspecified atom stereocenters. The molecule has 0 radical (unpaired) electrons. The highest BCUT2D eigenvalue weighted by Gasteiger charge is 2.43. The van der Waals surface area contributed by atoms with Crippen molar-refractivity contribution in [2.24, 2.45) is 11.8 Å². The average molecular weight is 262 g/mol. The molecule has 1 saturated heterocycles. The van der Waals surface area contributed by atoms with Gasteiger partial charge in [-0.2, -0.15) is 0 Å². The maximum Gasteiger partial charge on any atom is 0.228 e. The fourth-order valence-electron chi connectivity index (χ4n) is 3.21. The molecule has 1 N–H and O–H groups in total. The van der Waals surface area contributed by atoms with Gasteiger partial charge >= 0.3 is 0 Å². The molecule has 3 heterocycles. The number of fused-ring (bicyclic) bond motifs is 1. The van der Waals surface area contributed by atoms with Crippen LogP contribution in [0.1, 0.15) is 29.3 Å². The van der Waals surface area contributed by atoms with E-state index in [9.17, 15) is 4.79 Å². The number of hydrogen-bond acceptors (Lipinski definition) is 3. The van der Waals surface area contributed by atoms with Gasteiger partial charge in [-0.25, -0.2) is 0 Å². The molecule has 0 bridgehead atoms. The van der Waals surface area contributed by atoms with Crippen molar-refractivity contribution >= 4 is 17.2 Å². The molecule has 3 nitrogen and oxygen atoms in total. The van der Waals surface area contributed by atoms with Gasteiger partial charge in [0.25, 0.3) is 0 Å². The second-order valence-electron chi connectivity index (χ2n) is 5.72. The summed E-state index contributed by atoms with van der Waals surface area (Å²) >= 11 is 1.87. The Morgan fingerprint density at radius 2 is 2.22 bits per heavy atom. The van der Waals surface area contributed by atoms with Gasteiger partial charge in [0.2, 0.25) is 5.91 Å². The SMILES string of the molecule is O=C(C1CNC1)N1CCc2sccc2C1C1CC1. The van der Waals surface area contributed by atoms with E-state index in [4.69, 9.17) is 0 Å². The van der Waals surface area contributed by atoms with Gasteiger partial charge in [-0.15, -0.1) is 11.3 Å². The predicted octanol–water partition coefficient (Wildman–Crippen LogP) is 1.80. The Bertz CT molecular complexity index is 476. The summed E-state index contributed by atoms with van der Waals surface area (Å²) in [5.41, 5.74) is 1.45. The van der Waals surface area contributed by atoms with Crippen LogP contribution in [0.3, 0.4) is 0 Å². The Labute approximate surface area is 111 Å². The summed E-state index contributed by atoms with van der Waals surface area (Å²) in [5, 5.41) is 5.40. The highest BCUT2D eigenvalue weighted by Crippen LogP contribution is 2.48. The summed E-state index contributed by atoms with van der Waals surface area (Å²) in [7, 11) is 0. The summed E-state index contributed by atoms with van der Waals surface area (Å²) in [4.78, 5) is 16.3. The van der Waals surface area contributed by atoms with Crippen LogP contribution in [0.2, 0.25) is 0 Å². The number of nitrogens with one attached hydrogen (secondary N) is 1. The molecule has 1 amide bonds.